The van der Waals surface area contributed by atoms with E-state index in [0.29, 0.717) is 31.0 Å². The molecule has 1 fully saturated rings. The van der Waals surface area contributed by atoms with Gasteiger partial charge in [-0.3, -0.25) is 9.59 Å². The van der Waals surface area contributed by atoms with Gasteiger partial charge in [0.15, 0.2) is 11.5 Å². The molecule has 1 aliphatic rings. The predicted octanol–water partition coefficient (Wildman–Crippen LogP) is 3.34. The van der Waals surface area contributed by atoms with Gasteiger partial charge in [0.25, 0.3) is 0 Å². The van der Waals surface area contributed by atoms with Crippen molar-refractivity contribution in [3.63, 3.8) is 0 Å². The number of nitrogens with zero attached hydrogens (tertiary/aromatic N) is 1. The average Bonchev–Trinajstić information content (AvgIpc) is 3.07. The van der Waals surface area contributed by atoms with Gasteiger partial charge in [0, 0.05) is 28.8 Å². The number of carbonyl (C=O) groups excluding carboxylic acids is 2. The van der Waals surface area contributed by atoms with Gasteiger partial charge in [-0.2, -0.15) is 0 Å². The van der Waals surface area contributed by atoms with E-state index in [1.165, 1.54) is 0 Å². The maximum atomic E-state index is 12.5. The van der Waals surface area contributed by atoms with Crippen molar-refractivity contribution in [2.24, 2.45) is 5.92 Å². The third-order valence-electron chi connectivity index (χ3n) is 4.80. The highest BCUT2D eigenvalue weighted by Gasteiger charge is 2.34. The maximum Gasteiger partial charge on any atom is 0.229 e. The van der Waals surface area contributed by atoms with E-state index in [4.69, 9.17) is 9.47 Å². The number of hydrogen-bond acceptors (Lipinski definition) is 4. The molecule has 1 saturated heterocycles. The van der Waals surface area contributed by atoms with Crippen LogP contribution < -0.4 is 14.8 Å². The lowest BCUT2D eigenvalue weighted by Gasteiger charge is -2.17. The Bertz CT molecular complexity index is 871. The fourth-order valence-electron chi connectivity index (χ4n) is 3.27. The van der Waals surface area contributed by atoms with Crippen LogP contribution in [0, 0.1) is 9.49 Å². The van der Waals surface area contributed by atoms with E-state index in [0.717, 1.165) is 14.8 Å². The number of rotatable bonds is 7. The molecule has 1 unspecified atom stereocenters. The molecule has 7 heteroatoms. The van der Waals surface area contributed by atoms with E-state index in [1.807, 2.05) is 42.5 Å². The number of ether oxygens (including phenoxy) is 2. The Morgan fingerprint density at radius 1 is 1.18 bits per heavy atom. The molecule has 2 aromatic rings. The normalized spacial score (nSPS) is 16.2. The Hall–Kier alpha value is -2.29. The van der Waals surface area contributed by atoms with Crippen molar-refractivity contribution >= 4 is 40.1 Å². The summed E-state index contributed by atoms with van der Waals surface area (Å²) in [5.41, 5.74) is 1.81. The maximum absolute atomic E-state index is 12.5. The third kappa shape index (κ3) is 4.95. The molecule has 0 saturated carbocycles. The second-order valence-corrected chi connectivity index (χ2v) is 7.93. The third-order valence-corrected chi connectivity index (χ3v) is 5.47. The predicted molar refractivity (Wildman–Crippen MR) is 116 cm³/mol. The van der Waals surface area contributed by atoms with E-state index in [2.05, 4.69) is 27.9 Å². The van der Waals surface area contributed by atoms with Crippen LogP contribution in [0.4, 0.5) is 5.69 Å². The SMILES string of the molecule is COc1ccc(CCN2CC(C(=O)Nc3cccc(I)c3)CC2=O)cc1OC. The summed E-state index contributed by atoms with van der Waals surface area (Å²) in [5.74, 6) is 0.932. The van der Waals surface area contributed by atoms with Crippen molar-refractivity contribution in [1.29, 1.82) is 0 Å². The highest BCUT2D eigenvalue weighted by Crippen LogP contribution is 2.28. The summed E-state index contributed by atoms with van der Waals surface area (Å²) in [6.45, 7) is 1.02. The van der Waals surface area contributed by atoms with Crippen LogP contribution in [-0.4, -0.2) is 44.0 Å². The van der Waals surface area contributed by atoms with Crippen LogP contribution in [-0.2, 0) is 16.0 Å². The van der Waals surface area contributed by atoms with Crippen LogP contribution in [0.2, 0.25) is 0 Å². The van der Waals surface area contributed by atoms with Crippen molar-refractivity contribution < 1.29 is 19.1 Å². The summed E-state index contributed by atoms with van der Waals surface area (Å²) in [4.78, 5) is 26.6. The fourth-order valence-corrected chi connectivity index (χ4v) is 3.82. The van der Waals surface area contributed by atoms with Gasteiger partial charge in [0.1, 0.15) is 0 Å². The Labute approximate surface area is 178 Å². The molecule has 0 radical (unpaired) electrons. The average molecular weight is 494 g/mol. The largest absolute Gasteiger partial charge is 0.493 e. The van der Waals surface area contributed by atoms with Gasteiger partial charge in [0.2, 0.25) is 11.8 Å². The van der Waals surface area contributed by atoms with Gasteiger partial charge in [0.05, 0.1) is 20.1 Å². The van der Waals surface area contributed by atoms with Crippen molar-refractivity contribution in [2.75, 3.05) is 32.6 Å². The lowest BCUT2D eigenvalue weighted by atomic mass is 10.1. The monoisotopic (exact) mass is 494 g/mol. The molecular formula is C21H23IN2O4. The summed E-state index contributed by atoms with van der Waals surface area (Å²) in [7, 11) is 3.20. The van der Waals surface area contributed by atoms with Crippen LogP contribution in [0.5, 0.6) is 11.5 Å². The first-order valence-corrected chi connectivity index (χ1v) is 10.1. The van der Waals surface area contributed by atoms with Gasteiger partial charge < -0.3 is 19.7 Å². The van der Waals surface area contributed by atoms with Crippen LogP contribution in [0.3, 0.4) is 0 Å². The highest BCUT2D eigenvalue weighted by atomic mass is 127. The smallest absolute Gasteiger partial charge is 0.229 e. The summed E-state index contributed by atoms with van der Waals surface area (Å²) in [5, 5.41) is 2.91. The molecule has 0 bridgehead atoms. The molecule has 0 aromatic heterocycles. The minimum Gasteiger partial charge on any atom is -0.493 e. The molecule has 1 atom stereocenters. The number of nitrogens with one attached hydrogen (secondary N) is 1. The minimum atomic E-state index is -0.323. The van der Waals surface area contributed by atoms with Crippen LogP contribution in [0.15, 0.2) is 42.5 Å². The second-order valence-electron chi connectivity index (χ2n) is 6.68. The molecule has 148 valence electrons. The molecule has 1 N–H and O–H groups in total. The summed E-state index contributed by atoms with van der Waals surface area (Å²) in [6, 6.07) is 13.4. The Morgan fingerprint density at radius 3 is 2.68 bits per heavy atom. The number of benzene rings is 2. The van der Waals surface area contributed by atoms with Crippen LogP contribution in [0.25, 0.3) is 0 Å². The second kappa shape index (κ2) is 9.27. The van der Waals surface area contributed by atoms with Gasteiger partial charge in [-0.1, -0.05) is 12.1 Å². The molecule has 2 aromatic carbocycles. The summed E-state index contributed by atoms with van der Waals surface area (Å²) in [6.07, 6.45) is 0.943. The van der Waals surface area contributed by atoms with Crippen molar-refractivity contribution in [2.45, 2.75) is 12.8 Å². The Kier molecular flexibility index (Phi) is 6.77. The first-order valence-electron chi connectivity index (χ1n) is 9.05. The summed E-state index contributed by atoms with van der Waals surface area (Å²) >= 11 is 2.20. The number of amides is 2. The van der Waals surface area contributed by atoms with E-state index >= 15 is 0 Å². The number of carbonyl (C=O) groups is 2. The van der Waals surface area contributed by atoms with Crippen LogP contribution in [0.1, 0.15) is 12.0 Å². The first-order chi connectivity index (χ1) is 13.5. The van der Waals surface area contributed by atoms with Crippen molar-refractivity contribution in [3.8, 4) is 11.5 Å². The molecule has 0 spiro atoms. The summed E-state index contributed by atoms with van der Waals surface area (Å²) < 4.78 is 11.6. The van der Waals surface area contributed by atoms with Crippen molar-refractivity contribution in [1.82, 2.24) is 4.90 Å². The topological polar surface area (TPSA) is 67.9 Å². The molecule has 3 rings (SSSR count). The molecule has 0 aliphatic carbocycles. The highest BCUT2D eigenvalue weighted by molar-refractivity contribution is 14.1. The number of anilines is 1. The number of methoxy groups -OCH3 is 2. The zero-order valence-electron chi connectivity index (χ0n) is 15.9. The standard InChI is InChI=1S/C21H23IN2O4/c1-27-18-7-6-14(10-19(18)28-2)8-9-24-13-15(11-20(24)25)21(26)23-17-5-3-4-16(22)12-17/h3-7,10,12,15H,8-9,11,13H2,1-2H3,(H,23,26). The van der Waals surface area contributed by atoms with Gasteiger partial charge >= 0.3 is 0 Å². The zero-order valence-corrected chi connectivity index (χ0v) is 18.1. The van der Waals surface area contributed by atoms with Crippen LogP contribution >= 0.6 is 22.6 Å². The van der Waals surface area contributed by atoms with E-state index in [9.17, 15) is 9.59 Å². The van der Waals surface area contributed by atoms with E-state index in [1.54, 1.807) is 19.1 Å². The zero-order chi connectivity index (χ0) is 20.1. The molecule has 2 amide bonds. The number of halogens is 1. The first kappa shape index (κ1) is 20.4. The molecule has 28 heavy (non-hydrogen) atoms. The van der Waals surface area contributed by atoms with E-state index in [-0.39, 0.29) is 24.2 Å². The Balaban J connectivity index is 1.56. The van der Waals surface area contributed by atoms with Gasteiger partial charge in [-0.15, -0.1) is 0 Å². The van der Waals surface area contributed by atoms with Gasteiger partial charge in [-0.25, -0.2) is 0 Å². The van der Waals surface area contributed by atoms with Gasteiger partial charge in [-0.05, 0) is 64.9 Å². The lowest BCUT2D eigenvalue weighted by Crippen LogP contribution is -2.30. The molecule has 6 nitrogen and oxygen atoms in total. The number of hydrogen-bond donors (Lipinski definition) is 1. The minimum absolute atomic E-state index is 0.0169. The van der Waals surface area contributed by atoms with E-state index < -0.39 is 0 Å². The van der Waals surface area contributed by atoms with Crippen molar-refractivity contribution in [3.05, 3.63) is 51.6 Å². The molecular weight excluding hydrogens is 471 g/mol. The quantitative estimate of drug-likeness (QED) is 0.600. The molecule has 1 heterocycles. The Morgan fingerprint density at radius 2 is 1.96 bits per heavy atom. The number of likely N-dealkylation sites (tertiary alicyclic amines) is 1. The fraction of sp³-hybridized carbons (Fsp3) is 0.333. The molecule has 1 aliphatic heterocycles. The lowest BCUT2D eigenvalue weighted by molar-refractivity contribution is -0.128.